The third-order valence-corrected chi connectivity index (χ3v) is 5.49. The highest BCUT2D eigenvalue weighted by Crippen LogP contribution is 2.32. The van der Waals surface area contributed by atoms with Crippen molar-refractivity contribution in [3.8, 4) is 11.3 Å². The topological polar surface area (TPSA) is 51.8 Å². The number of benzene rings is 2. The van der Waals surface area contributed by atoms with Gasteiger partial charge in [-0.2, -0.15) is 0 Å². The number of nitrogens with two attached hydrogens (primary N) is 1. The van der Waals surface area contributed by atoms with Crippen molar-refractivity contribution >= 4 is 29.0 Å². The first-order valence-corrected chi connectivity index (χ1v) is 10.5. The van der Waals surface area contributed by atoms with Crippen molar-refractivity contribution in [1.82, 2.24) is 9.97 Å². The van der Waals surface area contributed by atoms with Crippen LogP contribution in [0.4, 0.5) is 5.82 Å². The lowest BCUT2D eigenvalue weighted by Crippen LogP contribution is -2.06. The molecule has 2 aromatic carbocycles. The number of hydrogen-bond donors (Lipinski definition) is 1. The van der Waals surface area contributed by atoms with Gasteiger partial charge in [0.2, 0.25) is 0 Å². The Balaban J connectivity index is 0.000000206. The van der Waals surface area contributed by atoms with E-state index in [1.165, 1.54) is 19.3 Å². The summed E-state index contributed by atoms with van der Waals surface area (Å²) in [7, 11) is 0. The van der Waals surface area contributed by atoms with Gasteiger partial charge in [-0.25, -0.2) is 9.97 Å². The van der Waals surface area contributed by atoms with Gasteiger partial charge in [-0.05, 0) is 61.4 Å². The molecule has 1 aliphatic carbocycles. The van der Waals surface area contributed by atoms with Gasteiger partial charge in [0.05, 0.1) is 22.1 Å². The SMILES string of the molecule is CCc1nc(-c2ccc(Cl)cc2Cl)c(CC)nc1N.c1ccc2c(c1)CCC2. The second kappa shape index (κ2) is 9.40. The van der Waals surface area contributed by atoms with Gasteiger partial charge in [0.25, 0.3) is 0 Å². The van der Waals surface area contributed by atoms with E-state index in [-0.39, 0.29) is 0 Å². The van der Waals surface area contributed by atoms with Crippen molar-refractivity contribution in [3.05, 3.63) is 75.0 Å². The van der Waals surface area contributed by atoms with Crippen LogP contribution in [0.3, 0.4) is 0 Å². The van der Waals surface area contributed by atoms with Gasteiger partial charge in [0, 0.05) is 10.6 Å². The van der Waals surface area contributed by atoms with Crippen LogP contribution < -0.4 is 5.73 Å². The Kier molecular flexibility index (Phi) is 6.93. The van der Waals surface area contributed by atoms with Crippen LogP contribution in [0.5, 0.6) is 0 Å². The van der Waals surface area contributed by atoms with Crippen LogP contribution >= 0.6 is 23.2 Å². The Labute approximate surface area is 176 Å². The molecule has 0 radical (unpaired) electrons. The summed E-state index contributed by atoms with van der Waals surface area (Å²) >= 11 is 12.2. The molecular formula is C23H25Cl2N3. The van der Waals surface area contributed by atoms with E-state index in [1.807, 2.05) is 19.9 Å². The number of aromatic nitrogens is 2. The third-order valence-electron chi connectivity index (χ3n) is 4.94. The van der Waals surface area contributed by atoms with Gasteiger partial charge < -0.3 is 5.73 Å². The third kappa shape index (κ3) is 4.65. The second-order valence-electron chi connectivity index (χ2n) is 6.80. The molecule has 28 heavy (non-hydrogen) atoms. The van der Waals surface area contributed by atoms with Crippen LogP contribution in [-0.2, 0) is 25.7 Å². The maximum Gasteiger partial charge on any atom is 0.145 e. The quantitative estimate of drug-likeness (QED) is 0.545. The molecule has 0 aliphatic heterocycles. The first-order valence-electron chi connectivity index (χ1n) is 9.70. The molecule has 1 aliphatic rings. The standard InChI is InChI=1S/C14H15Cl2N3.C9H10/c1-3-11-13(18-12(4-2)14(17)19-11)9-6-5-8(15)7-10(9)16;1-2-5-9-7-3-6-8(9)4-1/h5-7H,3-4H2,1-2H3,(H2,17,19);1-2,4-5H,3,6-7H2. The fraction of sp³-hybridized carbons (Fsp3) is 0.304. The van der Waals surface area contributed by atoms with Crippen molar-refractivity contribution < 1.29 is 0 Å². The first kappa shape index (κ1) is 20.6. The molecule has 0 unspecified atom stereocenters. The smallest absolute Gasteiger partial charge is 0.145 e. The molecule has 0 atom stereocenters. The maximum absolute atomic E-state index is 6.24. The molecule has 0 fully saturated rings. The van der Waals surface area contributed by atoms with Crippen molar-refractivity contribution in [3.63, 3.8) is 0 Å². The van der Waals surface area contributed by atoms with E-state index in [0.29, 0.717) is 15.9 Å². The van der Waals surface area contributed by atoms with Gasteiger partial charge in [-0.15, -0.1) is 0 Å². The summed E-state index contributed by atoms with van der Waals surface area (Å²) in [6.07, 6.45) is 5.45. The lowest BCUT2D eigenvalue weighted by molar-refractivity contribution is 0.912. The largest absolute Gasteiger partial charge is 0.382 e. The molecule has 3 nitrogen and oxygen atoms in total. The molecule has 0 bridgehead atoms. The molecule has 0 spiro atoms. The number of rotatable bonds is 3. The van der Waals surface area contributed by atoms with E-state index >= 15 is 0 Å². The summed E-state index contributed by atoms with van der Waals surface area (Å²) in [5.74, 6) is 0.494. The summed E-state index contributed by atoms with van der Waals surface area (Å²) in [5, 5.41) is 1.18. The van der Waals surface area contributed by atoms with E-state index in [1.54, 1.807) is 23.3 Å². The van der Waals surface area contributed by atoms with E-state index in [0.717, 1.165) is 35.5 Å². The zero-order chi connectivity index (χ0) is 20.1. The molecule has 1 aromatic heterocycles. The van der Waals surface area contributed by atoms with Crippen LogP contribution in [-0.4, -0.2) is 9.97 Å². The molecule has 0 amide bonds. The average molecular weight is 414 g/mol. The van der Waals surface area contributed by atoms with Gasteiger partial charge in [0.1, 0.15) is 5.82 Å². The number of fused-ring (bicyclic) bond motifs is 1. The molecule has 146 valence electrons. The van der Waals surface area contributed by atoms with Crippen molar-refractivity contribution in [1.29, 1.82) is 0 Å². The molecule has 0 saturated carbocycles. The van der Waals surface area contributed by atoms with Crippen LogP contribution in [0.2, 0.25) is 10.0 Å². The number of anilines is 1. The highest BCUT2D eigenvalue weighted by atomic mass is 35.5. The molecule has 1 heterocycles. The van der Waals surface area contributed by atoms with Crippen LogP contribution in [0.15, 0.2) is 42.5 Å². The summed E-state index contributed by atoms with van der Waals surface area (Å²) in [6, 6.07) is 14.1. The van der Waals surface area contributed by atoms with Gasteiger partial charge in [0.15, 0.2) is 0 Å². The Morgan fingerprint density at radius 3 is 2.11 bits per heavy atom. The zero-order valence-corrected chi connectivity index (χ0v) is 17.8. The lowest BCUT2D eigenvalue weighted by Gasteiger charge is -2.12. The van der Waals surface area contributed by atoms with Gasteiger partial charge >= 0.3 is 0 Å². The van der Waals surface area contributed by atoms with E-state index in [9.17, 15) is 0 Å². The number of nitrogens with zero attached hydrogens (tertiary/aromatic N) is 2. The van der Waals surface area contributed by atoms with Crippen molar-refractivity contribution in [2.75, 3.05) is 5.73 Å². The monoisotopic (exact) mass is 413 g/mol. The zero-order valence-electron chi connectivity index (χ0n) is 16.3. The normalized spacial score (nSPS) is 12.3. The Hall–Kier alpha value is -2.10. The second-order valence-corrected chi connectivity index (χ2v) is 7.65. The Morgan fingerprint density at radius 1 is 0.893 bits per heavy atom. The van der Waals surface area contributed by atoms with Gasteiger partial charge in [-0.1, -0.05) is 61.3 Å². The van der Waals surface area contributed by atoms with Crippen LogP contribution in [0.1, 0.15) is 42.8 Å². The predicted molar refractivity (Wildman–Crippen MR) is 119 cm³/mol. The number of hydrogen-bond acceptors (Lipinski definition) is 3. The summed E-state index contributed by atoms with van der Waals surface area (Å²) in [4.78, 5) is 9.03. The fourth-order valence-corrected chi connectivity index (χ4v) is 3.94. The van der Waals surface area contributed by atoms with Crippen LogP contribution in [0.25, 0.3) is 11.3 Å². The Bertz CT molecular complexity index is 947. The molecule has 0 saturated heterocycles. The molecule has 5 heteroatoms. The molecule has 3 aromatic rings. The minimum absolute atomic E-state index is 0.494. The summed E-state index contributed by atoms with van der Waals surface area (Å²) in [5.41, 5.74) is 12.3. The highest BCUT2D eigenvalue weighted by Gasteiger charge is 2.14. The minimum atomic E-state index is 0.494. The van der Waals surface area contributed by atoms with E-state index in [4.69, 9.17) is 28.9 Å². The first-order chi connectivity index (χ1) is 13.5. The molecular weight excluding hydrogens is 389 g/mol. The molecule has 2 N–H and O–H groups in total. The predicted octanol–water partition coefficient (Wildman–Crippen LogP) is 6.33. The highest BCUT2D eigenvalue weighted by molar-refractivity contribution is 6.36. The lowest BCUT2D eigenvalue weighted by atomic mass is 10.1. The minimum Gasteiger partial charge on any atom is -0.382 e. The number of aryl methyl sites for hydroxylation is 4. The number of nitrogen functional groups attached to an aromatic ring is 1. The van der Waals surface area contributed by atoms with Crippen molar-refractivity contribution in [2.45, 2.75) is 46.0 Å². The summed E-state index contributed by atoms with van der Waals surface area (Å²) < 4.78 is 0. The average Bonchev–Trinajstić information content (AvgIpc) is 3.17. The van der Waals surface area contributed by atoms with Crippen LogP contribution in [0, 0.1) is 0 Å². The molecule has 4 rings (SSSR count). The fourth-order valence-electron chi connectivity index (χ4n) is 3.44. The summed E-state index contributed by atoms with van der Waals surface area (Å²) in [6.45, 7) is 4.02. The van der Waals surface area contributed by atoms with E-state index < -0.39 is 0 Å². The van der Waals surface area contributed by atoms with Crippen molar-refractivity contribution in [2.24, 2.45) is 0 Å². The van der Waals surface area contributed by atoms with Gasteiger partial charge in [-0.3, -0.25) is 0 Å². The van der Waals surface area contributed by atoms with E-state index in [2.05, 4.69) is 34.2 Å². The maximum atomic E-state index is 6.24. The number of halogens is 2. The Morgan fingerprint density at radius 2 is 1.54 bits per heavy atom.